The van der Waals surface area contributed by atoms with Crippen molar-refractivity contribution in [1.29, 1.82) is 0 Å². The Hall–Kier alpha value is -1.03. The Kier molecular flexibility index (Phi) is 3.78. The lowest BCUT2D eigenvalue weighted by Crippen LogP contribution is -2.41. The average Bonchev–Trinajstić information content (AvgIpc) is 2.96. The number of benzene rings is 1. The van der Waals surface area contributed by atoms with E-state index in [9.17, 15) is 4.79 Å². The van der Waals surface area contributed by atoms with Crippen molar-refractivity contribution >= 4 is 33.2 Å². The Bertz CT molecular complexity index is 454. The van der Waals surface area contributed by atoms with Gasteiger partial charge in [-0.15, -0.1) is 0 Å². The molecule has 2 aliphatic rings. The summed E-state index contributed by atoms with van der Waals surface area (Å²) in [5, 5.41) is 0. The van der Waals surface area contributed by atoms with Crippen LogP contribution in [0.5, 0.6) is 0 Å². The topological polar surface area (TPSA) is 23.6 Å². The Morgan fingerprint density at radius 2 is 1.58 bits per heavy atom. The second-order valence-electron chi connectivity index (χ2n) is 5.31. The molecule has 3 rings (SSSR count). The zero-order chi connectivity index (χ0) is 13.2. The van der Waals surface area contributed by atoms with Gasteiger partial charge in [0.1, 0.15) is 0 Å². The van der Waals surface area contributed by atoms with Crippen molar-refractivity contribution in [2.75, 3.05) is 29.4 Å². The highest BCUT2D eigenvalue weighted by molar-refractivity contribution is 9.10. The summed E-state index contributed by atoms with van der Waals surface area (Å²) in [6, 6.07) is 8.45. The van der Waals surface area contributed by atoms with Crippen LogP contribution in [0, 0.1) is 0 Å². The molecule has 0 bridgehead atoms. The fraction of sp³-hybridized carbons (Fsp3) is 0.533. The molecule has 0 radical (unpaired) electrons. The van der Waals surface area contributed by atoms with E-state index in [4.69, 9.17) is 0 Å². The lowest BCUT2D eigenvalue weighted by Gasteiger charge is -2.30. The molecule has 0 N–H and O–H groups in total. The van der Waals surface area contributed by atoms with Gasteiger partial charge in [0.15, 0.2) is 0 Å². The van der Waals surface area contributed by atoms with Gasteiger partial charge in [-0.05, 0) is 49.9 Å². The van der Waals surface area contributed by atoms with Crippen molar-refractivity contribution in [3.8, 4) is 0 Å². The van der Waals surface area contributed by atoms with Crippen LogP contribution in [0.3, 0.4) is 0 Å². The van der Waals surface area contributed by atoms with Crippen molar-refractivity contribution < 1.29 is 4.79 Å². The van der Waals surface area contributed by atoms with Gasteiger partial charge in [-0.25, -0.2) is 0 Å². The fourth-order valence-corrected chi connectivity index (χ4v) is 3.48. The molecule has 1 aromatic carbocycles. The quantitative estimate of drug-likeness (QED) is 0.781. The third-order valence-electron chi connectivity index (χ3n) is 4.01. The summed E-state index contributed by atoms with van der Waals surface area (Å²) in [4.78, 5) is 16.4. The summed E-state index contributed by atoms with van der Waals surface area (Å²) < 4.78 is 0. The molecule has 1 atom stereocenters. The van der Waals surface area contributed by atoms with Crippen LogP contribution in [-0.2, 0) is 4.79 Å². The van der Waals surface area contributed by atoms with E-state index in [0.29, 0.717) is 0 Å². The van der Waals surface area contributed by atoms with Crippen LogP contribution in [0.15, 0.2) is 24.3 Å². The van der Waals surface area contributed by atoms with Crippen LogP contribution in [0.1, 0.15) is 25.7 Å². The maximum absolute atomic E-state index is 12.1. The van der Waals surface area contributed by atoms with E-state index >= 15 is 0 Å². The number of anilines is 2. The van der Waals surface area contributed by atoms with Gasteiger partial charge in [-0.1, -0.05) is 15.9 Å². The standard InChI is InChI=1S/C15H19BrN2O/c16-14-4-3-11-18(15(14)19)13-7-5-12(6-8-13)17-9-1-2-10-17/h5-8,14H,1-4,9-11H2. The number of halogens is 1. The molecule has 2 heterocycles. The lowest BCUT2D eigenvalue weighted by atomic mass is 10.1. The first-order valence-electron chi connectivity index (χ1n) is 7.06. The zero-order valence-electron chi connectivity index (χ0n) is 11.0. The minimum atomic E-state index is -0.0143. The number of nitrogens with zero attached hydrogens (tertiary/aromatic N) is 2. The van der Waals surface area contributed by atoms with Gasteiger partial charge in [-0.2, -0.15) is 0 Å². The van der Waals surface area contributed by atoms with Gasteiger partial charge in [0, 0.05) is 31.0 Å². The number of carbonyl (C=O) groups is 1. The van der Waals surface area contributed by atoms with E-state index in [2.05, 4.69) is 45.1 Å². The summed E-state index contributed by atoms with van der Waals surface area (Å²) in [7, 11) is 0. The average molecular weight is 323 g/mol. The zero-order valence-corrected chi connectivity index (χ0v) is 12.6. The second kappa shape index (κ2) is 5.53. The highest BCUT2D eigenvalue weighted by Crippen LogP contribution is 2.27. The van der Waals surface area contributed by atoms with Crippen LogP contribution in [0.4, 0.5) is 11.4 Å². The SMILES string of the molecule is O=C1C(Br)CCCN1c1ccc(N2CCCC2)cc1. The van der Waals surface area contributed by atoms with Crippen LogP contribution < -0.4 is 9.80 Å². The van der Waals surface area contributed by atoms with Crippen molar-refractivity contribution in [2.45, 2.75) is 30.5 Å². The maximum Gasteiger partial charge on any atom is 0.240 e. The largest absolute Gasteiger partial charge is 0.372 e. The monoisotopic (exact) mass is 322 g/mol. The van der Waals surface area contributed by atoms with E-state index in [0.717, 1.165) is 38.2 Å². The molecule has 1 aromatic rings. The Morgan fingerprint density at radius 3 is 2.26 bits per heavy atom. The van der Waals surface area contributed by atoms with Crippen LogP contribution in [-0.4, -0.2) is 30.4 Å². The van der Waals surface area contributed by atoms with Crippen LogP contribution in [0.25, 0.3) is 0 Å². The Balaban J connectivity index is 1.76. The molecule has 102 valence electrons. The number of piperidine rings is 1. The predicted molar refractivity (Wildman–Crippen MR) is 82.2 cm³/mol. The van der Waals surface area contributed by atoms with Gasteiger partial charge in [-0.3, -0.25) is 4.79 Å². The molecule has 0 aromatic heterocycles. The van der Waals surface area contributed by atoms with E-state index < -0.39 is 0 Å². The highest BCUT2D eigenvalue weighted by Gasteiger charge is 2.27. The van der Waals surface area contributed by atoms with Gasteiger partial charge < -0.3 is 9.80 Å². The summed E-state index contributed by atoms with van der Waals surface area (Å²) in [6.07, 6.45) is 4.59. The molecule has 1 amide bonds. The summed E-state index contributed by atoms with van der Waals surface area (Å²) in [5.74, 6) is 0.195. The highest BCUT2D eigenvalue weighted by atomic mass is 79.9. The van der Waals surface area contributed by atoms with Gasteiger partial charge >= 0.3 is 0 Å². The molecule has 2 aliphatic heterocycles. The van der Waals surface area contributed by atoms with Crippen LogP contribution in [0.2, 0.25) is 0 Å². The second-order valence-corrected chi connectivity index (χ2v) is 6.42. The van der Waals surface area contributed by atoms with E-state index in [-0.39, 0.29) is 10.7 Å². The summed E-state index contributed by atoms with van der Waals surface area (Å²) in [5.41, 5.74) is 2.30. The Morgan fingerprint density at radius 1 is 0.947 bits per heavy atom. The number of amides is 1. The number of hydrogen-bond acceptors (Lipinski definition) is 2. The molecule has 2 saturated heterocycles. The fourth-order valence-electron chi connectivity index (χ4n) is 2.91. The first-order valence-corrected chi connectivity index (χ1v) is 7.98. The number of carbonyl (C=O) groups excluding carboxylic acids is 1. The molecule has 0 spiro atoms. The van der Waals surface area contributed by atoms with Gasteiger partial charge in [0.2, 0.25) is 5.91 Å². The first-order chi connectivity index (χ1) is 9.25. The molecular formula is C15H19BrN2O. The molecule has 19 heavy (non-hydrogen) atoms. The molecule has 1 unspecified atom stereocenters. The normalized spacial score (nSPS) is 24.1. The van der Waals surface area contributed by atoms with E-state index in [1.807, 2.05) is 4.90 Å². The smallest absolute Gasteiger partial charge is 0.240 e. The van der Waals surface area contributed by atoms with E-state index in [1.165, 1.54) is 18.5 Å². The molecule has 4 heteroatoms. The van der Waals surface area contributed by atoms with E-state index in [1.54, 1.807) is 0 Å². The molecule has 0 aliphatic carbocycles. The van der Waals surface area contributed by atoms with Gasteiger partial charge in [0.05, 0.1) is 4.83 Å². The minimum Gasteiger partial charge on any atom is -0.372 e. The van der Waals surface area contributed by atoms with Gasteiger partial charge in [0.25, 0.3) is 0 Å². The Labute approximate surface area is 122 Å². The lowest BCUT2D eigenvalue weighted by molar-refractivity contribution is -0.118. The minimum absolute atomic E-state index is 0.0143. The van der Waals surface area contributed by atoms with Crippen LogP contribution >= 0.6 is 15.9 Å². The molecule has 3 nitrogen and oxygen atoms in total. The summed E-state index contributed by atoms with van der Waals surface area (Å²) in [6.45, 7) is 3.15. The first kappa shape index (κ1) is 13.0. The molecule has 0 saturated carbocycles. The van der Waals surface area contributed by atoms with Crippen molar-refractivity contribution in [3.63, 3.8) is 0 Å². The summed E-state index contributed by atoms with van der Waals surface area (Å²) >= 11 is 3.46. The third kappa shape index (κ3) is 2.64. The molecular weight excluding hydrogens is 304 g/mol. The number of alkyl halides is 1. The van der Waals surface area contributed by atoms with Crippen molar-refractivity contribution in [3.05, 3.63) is 24.3 Å². The van der Waals surface area contributed by atoms with Crippen molar-refractivity contribution in [2.24, 2.45) is 0 Å². The number of rotatable bonds is 2. The third-order valence-corrected chi connectivity index (χ3v) is 4.86. The maximum atomic E-state index is 12.1. The number of hydrogen-bond donors (Lipinski definition) is 0. The molecule has 2 fully saturated rings. The van der Waals surface area contributed by atoms with Crippen molar-refractivity contribution in [1.82, 2.24) is 0 Å². The predicted octanol–water partition coefficient (Wildman–Crippen LogP) is 3.18.